The molecule has 2 unspecified atom stereocenters. The topological polar surface area (TPSA) is 113 Å². The van der Waals surface area contributed by atoms with Gasteiger partial charge < -0.3 is 16.2 Å². The maximum absolute atomic E-state index is 10.7. The van der Waals surface area contributed by atoms with Gasteiger partial charge in [-0.1, -0.05) is 19.9 Å². The van der Waals surface area contributed by atoms with Crippen LogP contribution in [0.2, 0.25) is 0 Å². The van der Waals surface area contributed by atoms with Crippen LogP contribution < -0.4 is 11.1 Å². The lowest BCUT2D eigenvalue weighted by atomic mass is 9.84. The van der Waals surface area contributed by atoms with E-state index < -0.39 is 11.5 Å². The van der Waals surface area contributed by atoms with Crippen LogP contribution >= 0.6 is 0 Å². The summed E-state index contributed by atoms with van der Waals surface area (Å²) < 4.78 is 1.53. The summed E-state index contributed by atoms with van der Waals surface area (Å²) in [5, 5.41) is 27.0. The minimum Gasteiger partial charge on any atom is -0.390 e. The quantitative estimate of drug-likeness (QED) is 0.764. The summed E-state index contributed by atoms with van der Waals surface area (Å²) in [5.74, 6) is 0.648. The molecule has 4 N–H and O–H groups in total. The number of aryl methyl sites for hydroxylation is 1. The molecule has 2 atom stereocenters. The van der Waals surface area contributed by atoms with Gasteiger partial charge in [0.2, 0.25) is 11.9 Å². The Morgan fingerprint density at radius 3 is 2.77 bits per heavy atom. The van der Waals surface area contributed by atoms with Crippen molar-refractivity contribution in [1.29, 1.82) is 5.26 Å². The van der Waals surface area contributed by atoms with Gasteiger partial charge in [-0.2, -0.15) is 10.2 Å². The molecular formula is C15H18N6O. The maximum atomic E-state index is 10.7. The standard InChI is InChI=1S/C15H18N6O/c1-15(2)10-5-4-8(7-16)6-9(10)11(12(15)22)18-14-19-13(17)20-21(14)3/h4-6,11-12,22H,1-3H3,(H3,17,18,19,20). The first kappa shape index (κ1) is 14.4. The third-order valence-corrected chi connectivity index (χ3v) is 4.33. The van der Waals surface area contributed by atoms with Crippen molar-refractivity contribution in [2.24, 2.45) is 7.05 Å². The minimum atomic E-state index is -0.658. The average molecular weight is 298 g/mol. The Morgan fingerprint density at radius 2 is 2.18 bits per heavy atom. The predicted molar refractivity (Wildman–Crippen MR) is 82.0 cm³/mol. The highest BCUT2D eigenvalue weighted by Crippen LogP contribution is 2.46. The number of nitrogens with one attached hydrogen (secondary N) is 1. The van der Waals surface area contributed by atoms with Crippen molar-refractivity contribution < 1.29 is 5.11 Å². The number of nitrogen functional groups attached to an aromatic ring is 1. The van der Waals surface area contributed by atoms with E-state index in [9.17, 15) is 5.11 Å². The lowest BCUT2D eigenvalue weighted by molar-refractivity contribution is 0.0976. The van der Waals surface area contributed by atoms with Crippen LogP contribution in [-0.2, 0) is 12.5 Å². The molecule has 0 radical (unpaired) electrons. The molecule has 1 heterocycles. The molecule has 3 rings (SSSR count). The van der Waals surface area contributed by atoms with E-state index >= 15 is 0 Å². The third-order valence-electron chi connectivity index (χ3n) is 4.33. The molecule has 2 aromatic rings. The number of hydrogen-bond donors (Lipinski definition) is 3. The van der Waals surface area contributed by atoms with Crippen molar-refractivity contribution >= 4 is 11.9 Å². The van der Waals surface area contributed by atoms with Crippen LogP contribution in [0.25, 0.3) is 0 Å². The zero-order chi connectivity index (χ0) is 16.1. The second-order valence-electron chi connectivity index (χ2n) is 6.12. The fourth-order valence-corrected chi connectivity index (χ4v) is 3.05. The molecule has 1 aliphatic rings. The minimum absolute atomic E-state index is 0.169. The first-order valence-corrected chi connectivity index (χ1v) is 7.00. The first-order chi connectivity index (χ1) is 10.3. The highest BCUT2D eigenvalue weighted by Gasteiger charge is 2.46. The molecule has 0 spiro atoms. The molecule has 1 aliphatic carbocycles. The van der Waals surface area contributed by atoms with Crippen molar-refractivity contribution in [2.75, 3.05) is 11.1 Å². The van der Waals surface area contributed by atoms with Gasteiger partial charge in [0.15, 0.2) is 0 Å². The van der Waals surface area contributed by atoms with E-state index in [1.807, 2.05) is 26.0 Å². The lowest BCUT2D eigenvalue weighted by Gasteiger charge is -2.27. The molecule has 114 valence electrons. The monoisotopic (exact) mass is 298 g/mol. The Labute approximate surface area is 128 Å². The summed E-state index contributed by atoms with van der Waals surface area (Å²) in [6.07, 6.45) is -0.658. The van der Waals surface area contributed by atoms with Gasteiger partial charge in [0.1, 0.15) is 0 Å². The second kappa shape index (κ2) is 4.71. The van der Waals surface area contributed by atoms with Gasteiger partial charge in [-0.25, -0.2) is 4.68 Å². The van der Waals surface area contributed by atoms with Crippen molar-refractivity contribution in [1.82, 2.24) is 14.8 Å². The van der Waals surface area contributed by atoms with Gasteiger partial charge in [0.05, 0.1) is 23.8 Å². The lowest BCUT2D eigenvalue weighted by Crippen LogP contribution is -2.34. The average Bonchev–Trinajstić information content (AvgIpc) is 2.88. The van der Waals surface area contributed by atoms with Crippen molar-refractivity contribution in [3.63, 3.8) is 0 Å². The molecule has 0 amide bonds. The van der Waals surface area contributed by atoms with Crippen LogP contribution in [0, 0.1) is 11.3 Å². The van der Waals surface area contributed by atoms with Crippen LogP contribution in [-0.4, -0.2) is 26.0 Å². The summed E-state index contributed by atoms with van der Waals surface area (Å²) >= 11 is 0. The number of aromatic nitrogens is 3. The Balaban J connectivity index is 2.06. The van der Waals surface area contributed by atoms with E-state index in [1.54, 1.807) is 13.1 Å². The molecule has 0 saturated carbocycles. The van der Waals surface area contributed by atoms with E-state index in [4.69, 9.17) is 11.0 Å². The van der Waals surface area contributed by atoms with Crippen molar-refractivity contribution in [3.8, 4) is 6.07 Å². The number of hydrogen-bond acceptors (Lipinski definition) is 6. The number of aliphatic hydroxyl groups excluding tert-OH is 1. The maximum Gasteiger partial charge on any atom is 0.241 e. The summed E-state index contributed by atoms with van der Waals surface area (Å²) in [4.78, 5) is 4.11. The van der Waals surface area contributed by atoms with Gasteiger partial charge in [-0.15, -0.1) is 5.10 Å². The molecule has 7 nitrogen and oxygen atoms in total. The molecule has 0 aliphatic heterocycles. The first-order valence-electron chi connectivity index (χ1n) is 7.00. The Hall–Kier alpha value is -2.59. The fraction of sp³-hybridized carbons (Fsp3) is 0.400. The van der Waals surface area contributed by atoms with Crippen LogP contribution in [0.4, 0.5) is 11.9 Å². The van der Waals surface area contributed by atoms with E-state index in [2.05, 4.69) is 21.5 Å². The Bertz CT molecular complexity index is 773. The Kier molecular flexibility index (Phi) is 3.07. The summed E-state index contributed by atoms with van der Waals surface area (Å²) in [7, 11) is 1.73. The molecule has 1 aromatic heterocycles. The fourth-order valence-electron chi connectivity index (χ4n) is 3.05. The largest absolute Gasteiger partial charge is 0.390 e. The number of anilines is 2. The van der Waals surface area contributed by atoms with Gasteiger partial charge in [-0.05, 0) is 23.3 Å². The third kappa shape index (κ3) is 2.00. The number of fused-ring (bicyclic) bond motifs is 1. The van der Waals surface area contributed by atoms with Crippen molar-refractivity contribution in [3.05, 3.63) is 34.9 Å². The van der Waals surface area contributed by atoms with Gasteiger partial charge in [-0.3, -0.25) is 0 Å². The number of rotatable bonds is 2. The molecule has 22 heavy (non-hydrogen) atoms. The number of nitriles is 1. The summed E-state index contributed by atoms with van der Waals surface area (Å²) in [6, 6.07) is 7.25. The molecule has 0 fully saturated rings. The SMILES string of the molecule is Cn1nc(N)nc1NC1c2cc(C#N)ccc2C(C)(C)C1O. The normalized spacial score (nSPS) is 22.1. The van der Waals surface area contributed by atoms with E-state index in [1.165, 1.54) is 4.68 Å². The summed E-state index contributed by atoms with van der Waals surface area (Å²) in [6.45, 7) is 3.96. The molecule has 7 heteroatoms. The van der Waals surface area contributed by atoms with E-state index in [-0.39, 0.29) is 12.0 Å². The smallest absolute Gasteiger partial charge is 0.241 e. The molecule has 0 bridgehead atoms. The van der Waals surface area contributed by atoms with E-state index in [0.29, 0.717) is 11.5 Å². The zero-order valence-corrected chi connectivity index (χ0v) is 12.7. The number of benzene rings is 1. The number of nitrogens with zero attached hydrogens (tertiary/aromatic N) is 4. The van der Waals surface area contributed by atoms with Crippen LogP contribution in [0.15, 0.2) is 18.2 Å². The number of aliphatic hydroxyl groups is 1. The van der Waals surface area contributed by atoms with Crippen LogP contribution in [0.5, 0.6) is 0 Å². The van der Waals surface area contributed by atoms with Gasteiger partial charge >= 0.3 is 0 Å². The predicted octanol–water partition coefficient (Wildman–Crippen LogP) is 1.07. The Morgan fingerprint density at radius 1 is 1.45 bits per heavy atom. The highest BCUT2D eigenvalue weighted by molar-refractivity contribution is 5.52. The zero-order valence-electron chi connectivity index (χ0n) is 12.7. The summed E-state index contributed by atoms with van der Waals surface area (Å²) in [5.41, 5.74) is 7.65. The van der Waals surface area contributed by atoms with Crippen molar-refractivity contribution in [2.45, 2.75) is 31.4 Å². The molecule has 1 aromatic carbocycles. The second-order valence-corrected chi connectivity index (χ2v) is 6.12. The van der Waals surface area contributed by atoms with Gasteiger partial charge in [0.25, 0.3) is 0 Å². The highest BCUT2D eigenvalue weighted by atomic mass is 16.3. The number of nitrogens with two attached hydrogens (primary N) is 1. The molecular weight excluding hydrogens is 280 g/mol. The van der Waals surface area contributed by atoms with Crippen LogP contribution in [0.1, 0.15) is 36.6 Å². The van der Waals surface area contributed by atoms with Crippen LogP contribution in [0.3, 0.4) is 0 Å². The van der Waals surface area contributed by atoms with E-state index in [0.717, 1.165) is 11.1 Å². The molecule has 0 saturated heterocycles. The van der Waals surface area contributed by atoms with Gasteiger partial charge in [0, 0.05) is 12.5 Å².